The van der Waals surface area contributed by atoms with Crippen LogP contribution in [0.15, 0.2) is 48.7 Å². The Morgan fingerprint density at radius 3 is 2.67 bits per heavy atom. The summed E-state index contributed by atoms with van der Waals surface area (Å²) in [4.78, 5) is 10.9. The van der Waals surface area contributed by atoms with Crippen molar-refractivity contribution in [2.45, 2.75) is 13.8 Å². The predicted molar refractivity (Wildman–Crippen MR) is 73.7 cm³/mol. The number of allylic oxidation sites excluding steroid dienone is 4. The molecule has 0 bridgehead atoms. The Kier molecular flexibility index (Phi) is 3.33. The second kappa shape index (κ2) is 4.92. The minimum Gasteiger partial charge on any atom is -0.478 e. The molecule has 1 N–H and O–H groups in total. The van der Waals surface area contributed by atoms with E-state index < -0.39 is 5.97 Å². The monoisotopic (exact) mass is 241 g/mol. The van der Waals surface area contributed by atoms with Crippen LogP contribution in [0, 0.1) is 0 Å². The predicted octanol–water partition coefficient (Wildman–Crippen LogP) is 3.78. The van der Waals surface area contributed by atoms with Gasteiger partial charge < -0.3 is 9.67 Å². The lowest BCUT2D eigenvalue weighted by Gasteiger charge is -2.06. The zero-order chi connectivity index (χ0) is 13.1. The second-order valence-corrected chi connectivity index (χ2v) is 3.98. The number of benzene rings is 1. The summed E-state index contributed by atoms with van der Waals surface area (Å²) in [6.45, 7) is 3.95. The number of aromatic carboxylic acids is 1. The summed E-state index contributed by atoms with van der Waals surface area (Å²) < 4.78 is 2.04. The first-order valence-corrected chi connectivity index (χ1v) is 5.81. The minimum atomic E-state index is -0.899. The fraction of sp³-hybridized carbons (Fsp3) is 0.133. The topological polar surface area (TPSA) is 42.2 Å². The van der Waals surface area contributed by atoms with E-state index in [-0.39, 0.29) is 0 Å². The van der Waals surface area contributed by atoms with E-state index in [4.69, 9.17) is 5.11 Å². The number of rotatable bonds is 3. The van der Waals surface area contributed by atoms with Crippen LogP contribution < -0.4 is 0 Å². The van der Waals surface area contributed by atoms with Crippen molar-refractivity contribution in [1.29, 1.82) is 0 Å². The van der Waals surface area contributed by atoms with Crippen molar-refractivity contribution in [3.8, 4) is 0 Å². The van der Waals surface area contributed by atoms with Crippen molar-refractivity contribution in [2.24, 2.45) is 0 Å². The first-order chi connectivity index (χ1) is 8.67. The van der Waals surface area contributed by atoms with Gasteiger partial charge in [-0.1, -0.05) is 12.2 Å². The molecule has 3 nitrogen and oxygen atoms in total. The molecule has 0 saturated heterocycles. The van der Waals surface area contributed by atoms with Crippen molar-refractivity contribution < 1.29 is 9.90 Å². The molecule has 0 saturated carbocycles. The highest BCUT2D eigenvalue weighted by Gasteiger charge is 2.07. The zero-order valence-electron chi connectivity index (χ0n) is 10.4. The largest absolute Gasteiger partial charge is 0.478 e. The van der Waals surface area contributed by atoms with Gasteiger partial charge in [-0.3, -0.25) is 0 Å². The van der Waals surface area contributed by atoms with E-state index in [1.807, 2.05) is 55.0 Å². The summed E-state index contributed by atoms with van der Waals surface area (Å²) >= 11 is 0. The van der Waals surface area contributed by atoms with Gasteiger partial charge in [-0.05, 0) is 44.2 Å². The van der Waals surface area contributed by atoms with Gasteiger partial charge in [0.2, 0.25) is 0 Å². The average molecular weight is 241 g/mol. The van der Waals surface area contributed by atoms with Gasteiger partial charge in [-0.15, -0.1) is 0 Å². The number of carboxylic acid groups (broad SMARTS) is 1. The first kappa shape index (κ1) is 12.2. The van der Waals surface area contributed by atoms with E-state index >= 15 is 0 Å². The van der Waals surface area contributed by atoms with Crippen molar-refractivity contribution in [2.75, 3.05) is 0 Å². The van der Waals surface area contributed by atoms with Crippen LogP contribution in [-0.4, -0.2) is 15.6 Å². The molecule has 0 aliphatic carbocycles. The van der Waals surface area contributed by atoms with Gasteiger partial charge >= 0.3 is 5.97 Å². The Labute approximate surface area is 106 Å². The summed E-state index contributed by atoms with van der Waals surface area (Å²) in [6, 6.07) is 7.09. The van der Waals surface area contributed by atoms with E-state index in [0.29, 0.717) is 5.56 Å². The molecule has 2 aromatic rings. The number of fused-ring (bicyclic) bond motifs is 1. The van der Waals surface area contributed by atoms with E-state index in [0.717, 1.165) is 16.6 Å². The van der Waals surface area contributed by atoms with Crippen LogP contribution in [-0.2, 0) is 0 Å². The van der Waals surface area contributed by atoms with Gasteiger partial charge in [-0.25, -0.2) is 4.79 Å². The van der Waals surface area contributed by atoms with E-state index in [1.165, 1.54) is 0 Å². The Balaban J connectivity index is 2.59. The fourth-order valence-electron chi connectivity index (χ4n) is 1.99. The van der Waals surface area contributed by atoms with Crippen molar-refractivity contribution in [3.63, 3.8) is 0 Å². The summed E-state index contributed by atoms with van der Waals surface area (Å²) in [5.74, 6) is -0.899. The SMILES string of the molecule is C/C=C\C(=C/C)n1ccc2cc(C(=O)O)ccc21. The Morgan fingerprint density at radius 1 is 1.28 bits per heavy atom. The number of carboxylic acids is 1. The van der Waals surface area contributed by atoms with Crippen LogP contribution in [0.5, 0.6) is 0 Å². The number of hydrogen-bond donors (Lipinski definition) is 1. The number of aromatic nitrogens is 1. The number of hydrogen-bond acceptors (Lipinski definition) is 1. The normalized spacial score (nSPS) is 12.4. The lowest BCUT2D eigenvalue weighted by Crippen LogP contribution is -1.96. The molecule has 1 heterocycles. The highest BCUT2D eigenvalue weighted by Crippen LogP contribution is 2.21. The van der Waals surface area contributed by atoms with Gasteiger partial charge in [0.15, 0.2) is 0 Å². The van der Waals surface area contributed by atoms with Gasteiger partial charge in [0.1, 0.15) is 0 Å². The van der Waals surface area contributed by atoms with Crippen LogP contribution >= 0.6 is 0 Å². The standard InChI is InChI=1S/C15H15NO2/c1-3-5-13(4-2)16-9-8-11-10-12(15(17)18)6-7-14(11)16/h3-10H,1-2H3,(H,17,18)/b5-3-,13-4+. The van der Waals surface area contributed by atoms with Crippen LogP contribution in [0.25, 0.3) is 16.6 Å². The number of carbonyl (C=O) groups is 1. The molecule has 3 heteroatoms. The molecule has 0 amide bonds. The van der Waals surface area contributed by atoms with Crippen molar-refractivity contribution >= 4 is 22.6 Å². The molecule has 0 radical (unpaired) electrons. The molecule has 0 unspecified atom stereocenters. The molecule has 2 rings (SSSR count). The molecule has 1 aromatic heterocycles. The van der Waals surface area contributed by atoms with Gasteiger partial charge in [0.05, 0.1) is 11.1 Å². The third kappa shape index (κ3) is 2.07. The summed E-state index contributed by atoms with van der Waals surface area (Å²) in [5, 5.41) is 9.89. The first-order valence-electron chi connectivity index (χ1n) is 5.81. The van der Waals surface area contributed by atoms with Crippen LogP contribution in [0.2, 0.25) is 0 Å². The molecule has 0 fully saturated rings. The summed E-state index contributed by atoms with van der Waals surface area (Å²) in [7, 11) is 0. The summed E-state index contributed by atoms with van der Waals surface area (Å²) in [5.41, 5.74) is 2.38. The zero-order valence-corrected chi connectivity index (χ0v) is 10.4. The highest BCUT2D eigenvalue weighted by atomic mass is 16.4. The Morgan fingerprint density at radius 2 is 2.06 bits per heavy atom. The van der Waals surface area contributed by atoms with Gasteiger partial charge in [0.25, 0.3) is 0 Å². The number of nitrogens with zero attached hydrogens (tertiary/aromatic N) is 1. The molecular formula is C15H15NO2. The highest BCUT2D eigenvalue weighted by molar-refractivity contribution is 5.94. The van der Waals surface area contributed by atoms with Crippen LogP contribution in [0.1, 0.15) is 24.2 Å². The molecule has 0 aliphatic rings. The molecule has 18 heavy (non-hydrogen) atoms. The van der Waals surface area contributed by atoms with Gasteiger partial charge in [-0.2, -0.15) is 0 Å². The smallest absolute Gasteiger partial charge is 0.335 e. The van der Waals surface area contributed by atoms with Gasteiger partial charge in [0, 0.05) is 17.3 Å². The van der Waals surface area contributed by atoms with Crippen molar-refractivity contribution in [1.82, 2.24) is 4.57 Å². The maximum absolute atomic E-state index is 10.9. The molecule has 1 aromatic carbocycles. The molecular weight excluding hydrogens is 226 g/mol. The third-order valence-corrected chi connectivity index (χ3v) is 2.85. The van der Waals surface area contributed by atoms with E-state index in [2.05, 4.69) is 0 Å². The van der Waals surface area contributed by atoms with Crippen molar-refractivity contribution in [3.05, 3.63) is 54.3 Å². The molecule has 0 atom stereocenters. The second-order valence-electron chi connectivity index (χ2n) is 3.98. The van der Waals surface area contributed by atoms with Crippen LogP contribution in [0.3, 0.4) is 0 Å². The molecule has 92 valence electrons. The van der Waals surface area contributed by atoms with E-state index in [1.54, 1.807) is 12.1 Å². The lowest BCUT2D eigenvalue weighted by molar-refractivity contribution is 0.0697. The minimum absolute atomic E-state index is 0.313. The maximum atomic E-state index is 10.9. The quantitative estimate of drug-likeness (QED) is 0.831. The fourth-order valence-corrected chi connectivity index (χ4v) is 1.99. The average Bonchev–Trinajstić information content (AvgIpc) is 2.78. The summed E-state index contributed by atoms with van der Waals surface area (Å²) in [6.07, 6.45) is 7.97. The molecule has 0 aliphatic heterocycles. The maximum Gasteiger partial charge on any atom is 0.335 e. The Bertz CT molecular complexity index is 648. The lowest BCUT2D eigenvalue weighted by atomic mass is 10.1. The van der Waals surface area contributed by atoms with Crippen LogP contribution in [0.4, 0.5) is 0 Å². The third-order valence-electron chi connectivity index (χ3n) is 2.85. The Hall–Kier alpha value is -2.29. The van der Waals surface area contributed by atoms with E-state index in [9.17, 15) is 4.79 Å². The molecule has 0 spiro atoms.